The van der Waals surface area contributed by atoms with E-state index in [0.29, 0.717) is 11.8 Å². The molecule has 3 nitrogen and oxygen atoms in total. The zero-order chi connectivity index (χ0) is 14.8. The fourth-order valence-electron chi connectivity index (χ4n) is 3.29. The quantitative estimate of drug-likeness (QED) is 0.915. The highest BCUT2D eigenvalue weighted by Crippen LogP contribution is 2.35. The van der Waals surface area contributed by atoms with Crippen LogP contribution >= 0.6 is 0 Å². The van der Waals surface area contributed by atoms with Crippen molar-refractivity contribution in [2.75, 3.05) is 12.4 Å². The molecule has 3 heteroatoms. The second-order valence-electron chi connectivity index (χ2n) is 6.47. The number of hydrogen-bond donors (Lipinski definition) is 1. The second kappa shape index (κ2) is 5.92. The lowest BCUT2D eigenvalue weighted by Gasteiger charge is -2.21. The molecule has 0 spiro atoms. The highest BCUT2D eigenvalue weighted by atomic mass is 16.5. The molecule has 112 valence electrons. The van der Waals surface area contributed by atoms with Crippen LogP contribution in [-0.2, 0) is 19.3 Å². The predicted molar refractivity (Wildman–Crippen MR) is 85.8 cm³/mol. The summed E-state index contributed by atoms with van der Waals surface area (Å²) in [6.45, 7) is 4.53. The van der Waals surface area contributed by atoms with Gasteiger partial charge in [-0.25, -0.2) is 0 Å². The largest absolute Gasteiger partial charge is 0.357 e. The number of aromatic nitrogens is 1. The Bertz CT molecular complexity index is 598. The Morgan fingerprint density at radius 3 is 2.71 bits per heavy atom. The lowest BCUT2D eigenvalue weighted by atomic mass is 9.82. The Balaban J connectivity index is 1.73. The molecule has 0 saturated carbocycles. The Kier molecular flexibility index (Phi) is 4.00. The first-order valence-corrected chi connectivity index (χ1v) is 7.91. The summed E-state index contributed by atoms with van der Waals surface area (Å²) in [7, 11) is 1.89. The van der Waals surface area contributed by atoms with Crippen LogP contribution in [0.3, 0.4) is 0 Å². The fourth-order valence-corrected chi connectivity index (χ4v) is 3.29. The van der Waals surface area contributed by atoms with Crippen LogP contribution < -0.4 is 5.32 Å². The van der Waals surface area contributed by atoms with Crippen LogP contribution in [0, 0.1) is 5.92 Å². The third-order valence-corrected chi connectivity index (χ3v) is 4.37. The van der Waals surface area contributed by atoms with Gasteiger partial charge in [0.15, 0.2) is 0 Å². The number of nitrogens with one attached hydrogen (secondary N) is 1. The highest BCUT2D eigenvalue weighted by Gasteiger charge is 2.25. The van der Waals surface area contributed by atoms with Gasteiger partial charge in [-0.05, 0) is 42.2 Å². The molecule has 1 N–H and O–H groups in total. The molecule has 0 amide bonds. The number of nitrogens with zero attached hydrogens (tertiary/aromatic N) is 1. The minimum Gasteiger partial charge on any atom is -0.357 e. The molecule has 0 saturated heterocycles. The Morgan fingerprint density at radius 1 is 1.29 bits per heavy atom. The fraction of sp³-hybridized carbons (Fsp3) is 0.500. The molecule has 0 radical (unpaired) electrons. The third-order valence-electron chi connectivity index (χ3n) is 4.37. The van der Waals surface area contributed by atoms with E-state index in [9.17, 15) is 0 Å². The van der Waals surface area contributed by atoms with E-state index in [0.717, 1.165) is 30.8 Å². The summed E-state index contributed by atoms with van der Waals surface area (Å²) in [4.78, 5) is 0. The van der Waals surface area contributed by atoms with Crippen molar-refractivity contribution < 1.29 is 4.52 Å². The molecule has 0 bridgehead atoms. The lowest BCUT2D eigenvalue weighted by molar-refractivity contribution is 0.422. The van der Waals surface area contributed by atoms with Gasteiger partial charge in [0, 0.05) is 19.0 Å². The van der Waals surface area contributed by atoms with Crippen molar-refractivity contribution in [3.05, 3.63) is 46.6 Å². The lowest BCUT2D eigenvalue weighted by Crippen LogP contribution is -2.13. The smallest absolute Gasteiger partial charge is 0.227 e. The highest BCUT2D eigenvalue weighted by molar-refractivity contribution is 5.45. The molecule has 0 aliphatic heterocycles. The van der Waals surface area contributed by atoms with Crippen molar-refractivity contribution in [3.8, 4) is 0 Å². The van der Waals surface area contributed by atoms with Crippen LogP contribution in [0.15, 0.2) is 28.8 Å². The maximum Gasteiger partial charge on any atom is 0.227 e. The van der Waals surface area contributed by atoms with Crippen molar-refractivity contribution in [1.29, 1.82) is 0 Å². The molecule has 1 unspecified atom stereocenters. The molecule has 2 aromatic rings. The molecule has 3 rings (SSSR count). The Morgan fingerprint density at radius 2 is 2.05 bits per heavy atom. The maximum atomic E-state index is 5.35. The van der Waals surface area contributed by atoms with E-state index in [-0.39, 0.29) is 0 Å². The summed E-state index contributed by atoms with van der Waals surface area (Å²) in [5, 5.41) is 7.31. The van der Waals surface area contributed by atoms with Crippen LogP contribution in [0.25, 0.3) is 0 Å². The summed E-state index contributed by atoms with van der Waals surface area (Å²) in [6.07, 6.45) is 4.37. The maximum absolute atomic E-state index is 5.35. The Hall–Kier alpha value is -1.77. The van der Waals surface area contributed by atoms with Crippen LogP contribution in [0.1, 0.15) is 48.6 Å². The van der Waals surface area contributed by atoms with Gasteiger partial charge in [0.1, 0.15) is 0 Å². The zero-order valence-electron chi connectivity index (χ0n) is 13.1. The van der Waals surface area contributed by atoms with Gasteiger partial charge >= 0.3 is 0 Å². The van der Waals surface area contributed by atoms with Gasteiger partial charge in [-0.2, -0.15) is 0 Å². The SMILES string of the molecule is CNc1onc2c1CCC(c1ccc(CC(C)C)cc1)C2. The van der Waals surface area contributed by atoms with E-state index >= 15 is 0 Å². The topological polar surface area (TPSA) is 38.1 Å². The molecular formula is C18H24N2O. The van der Waals surface area contributed by atoms with Gasteiger partial charge in [-0.3, -0.25) is 0 Å². The van der Waals surface area contributed by atoms with Crippen molar-refractivity contribution in [2.45, 2.75) is 45.4 Å². The van der Waals surface area contributed by atoms with Gasteiger partial charge in [-0.15, -0.1) is 0 Å². The average Bonchev–Trinajstić information content (AvgIpc) is 2.89. The van der Waals surface area contributed by atoms with E-state index < -0.39 is 0 Å². The van der Waals surface area contributed by atoms with Gasteiger partial charge in [0.25, 0.3) is 0 Å². The molecule has 1 atom stereocenters. The molecule has 1 aliphatic rings. The average molecular weight is 284 g/mol. The summed E-state index contributed by atoms with van der Waals surface area (Å²) in [5.74, 6) is 2.12. The summed E-state index contributed by atoms with van der Waals surface area (Å²) in [6, 6.07) is 9.16. The first-order valence-electron chi connectivity index (χ1n) is 7.91. The first kappa shape index (κ1) is 14.2. The molecular weight excluding hydrogens is 260 g/mol. The monoisotopic (exact) mass is 284 g/mol. The number of hydrogen-bond acceptors (Lipinski definition) is 3. The van der Waals surface area contributed by atoms with E-state index in [1.807, 2.05) is 7.05 Å². The summed E-state index contributed by atoms with van der Waals surface area (Å²) < 4.78 is 5.35. The standard InChI is InChI=1S/C18H24N2O/c1-12(2)10-13-4-6-14(7-5-13)15-8-9-16-17(11-15)20-21-18(16)19-3/h4-7,12,15,19H,8-11H2,1-3H3. The second-order valence-corrected chi connectivity index (χ2v) is 6.47. The predicted octanol–water partition coefficient (Wildman–Crippen LogP) is 4.19. The van der Waals surface area contributed by atoms with E-state index in [1.165, 1.54) is 23.1 Å². The number of benzene rings is 1. The summed E-state index contributed by atoms with van der Waals surface area (Å²) >= 11 is 0. The first-order chi connectivity index (χ1) is 10.2. The van der Waals surface area contributed by atoms with Crippen molar-refractivity contribution in [3.63, 3.8) is 0 Å². The molecule has 1 aliphatic carbocycles. The van der Waals surface area contributed by atoms with E-state index in [2.05, 4.69) is 48.6 Å². The molecule has 21 heavy (non-hydrogen) atoms. The molecule has 1 aromatic heterocycles. The van der Waals surface area contributed by atoms with Crippen LogP contribution in [0.4, 0.5) is 5.88 Å². The minimum atomic E-state index is 0.570. The normalized spacial score (nSPS) is 17.8. The third kappa shape index (κ3) is 2.97. The zero-order valence-corrected chi connectivity index (χ0v) is 13.1. The van der Waals surface area contributed by atoms with E-state index in [4.69, 9.17) is 4.52 Å². The van der Waals surface area contributed by atoms with Gasteiger partial charge in [0.05, 0.1) is 5.69 Å². The van der Waals surface area contributed by atoms with Crippen LogP contribution in [0.2, 0.25) is 0 Å². The number of anilines is 1. The van der Waals surface area contributed by atoms with Crippen LogP contribution in [-0.4, -0.2) is 12.2 Å². The molecule has 1 heterocycles. The van der Waals surface area contributed by atoms with E-state index in [1.54, 1.807) is 0 Å². The van der Waals surface area contributed by atoms with Gasteiger partial charge in [-0.1, -0.05) is 43.3 Å². The molecule has 1 aromatic carbocycles. The Labute approximate surface area is 126 Å². The van der Waals surface area contributed by atoms with Gasteiger partial charge < -0.3 is 9.84 Å². The van der Waals surface area contributed by atoms with Crippen molar-refractivity contribution in [1.82, 2.24) is 5.16 Å². The minimum absolute atomic E-state index is 0.570. The summed E-state index contributed by atoms with van der Waals surface area (Å²) in [5.41, 5.74) is 5.26. The number of rotatable bonds is 4. The van der Waals surface area contributed by atoms with Crippen molar-refractivity contribution in [2.24, 2.45) is 5.92 Å². The molecule has 0 fully saturated rings. The number of fused-ring (bicyclic) bond motifs is 1. The van der Waals surface area contributed by atoms with Gasteiger partial charge in [0.2, 0.25) is 5.88 Å². The van der Waals surface area contributed by atoms with Crippen molar-refractivity contribution >= 4 is 5.88 Å². The van der Waals surface area contributed by atoms with Crippen LogP contribution in [0.5, 0.6) is 0 Å².